The van der Waals surface area contributed by atoms with E-state index in [1.807, 2.05) is 55.6 Å². The van der Waals surface area contributed by atoms with Crippen molar-refractivity contribution < 1.29 is 9.53 Å². The predicted molar refractivity (Wildman–Crippen MR) is 128 cm³/mol. The van der Waals surface area contributed by atoms with Crippen molar-refractivity contribution in [1.82, 2.24) is 20.1 Å². The van der Waals surface area contributed by atoms with E-state index < -0.39 is 0 Å². The maximum Gasteiger partial charge on any atom is 0.266 e. The third kappa shape index (κ3) is 4.95. The van der Waals surface area contributed by atoms with Gasteiger partial charge in [-0.15, -0.1) is 22.7 Å². The number of hydrogen-bond donors (Lipinski definition) is 1. The van der Waals surface area contributed by atoms with Gasteiger partial charge in [-0.1, -0.05) is 6.07 Å². The van der Waals surface area contributed by atoms with Gasteiger partial charge in [-0.25, -0.2) is 9.67 Å². The molecule has 0 aliphatic carbocycles. The summed E-state index contributed by atoms with van der Waals surface area (Å²) in [5.74, 6) is 0.589. The summed E-state index contributed by atoms with van der Waals surface area (Å²) in [6, 6.07) is 14.7. The van der Waals surface area contributed by atoms with Gasteiger partial charge in [0.2, 0.25) is 0 Å². The van der Waals surface area contributed by atoms with Crippen molar-refractivity contribution in [3.8, 4) is 26.9 Å². The normalized spacial score (nSPS) is 10.8. The van der Waals surface area contributed by atoms with Gasteiger partial charge in [0, 0.05) is 18.2 Å². The highest BCUT2D eigenvalue weighted by atomic mass is 32.1. The molecule has 4 rings (SSSR count). The van der Waals surface area contributed by atoms with Crippen LogP contribution in [0.3, 0.4) is 0 Å². The Morgan fingerprint density at radius 1 is 1.16 bits per heavy atom. The molecule has 1 N–H and O–H groups in total. The molecule has 0 saturated heterocycles. The molecule has 3 aromatic heterocycles. The molecule has 0 fully saturated rings. The molecule has 0 bridgehead atoms. The Morgan fingerprint density at radius 3 is 2.69 bits per heavy atom. The number of aromatic nitrogens is 3. The summed E-state index contributed by atoms with van der Waals surface area (Å²) in [5.41, 5.74) is 2.04. The van der Waals surface area contributed by atoms with Gasteiger partial charge in [-0.3, -0.25) is 9.59 Å². The number of carbonyl (C=O) groups is 1. The molecule has 4 aromatic rings. The standard InChI is InChI=1S/C23H22N4O3S2/c1-3-30-17-8-6-16(7-9-17)18-10-11-20(28)27(26-18)13-12-24-22(29)21-15(2)25-23(32-21)19-5-4-14-31-19/h4-11,14H,3,12-13H2,1-2H3,(H,24,29). The molecule has 1 amide bonds. The molecule has 0 aliphatic rings. The van der Waals surface area contributed by atoms with E-state index in [0.29, 0.717) is 22.9 Å². The highest BCUT2D eigenvalue weighted by Gasteiger charge is 2.16. The van der Waals surface area contributed by atoms with Gasteiger partial charge in [0.05, 0.1) is 29.4 Å². The Hall–Kier alpha value is -3.30. The summed E-state index contributed by atoms with van der Waals surface area (Å²) in [6.07, 6.45) is 0. The summed E-state index contributed by atoms with van der Waals surface area (Å²) in [5, 5.41) is 10.1. The molecule has 9 heteroatoms. The molecule has 0 atom stereocenters. The number of ether oxygens (including phenoxy) is 1. The van der Waals surface area contributed by atoms with Crippen LogP contribution in [-0.4, -0.2) is 33.8 Å². The molecule has 0 saturated carbocycles. The molecular weight excluding hydrogens is 444 g/mol. The Bertz CT molecular complexity index is 1260. The lowest BCUT2D eigenvalue weighted by atomic mass is 10.1. The number of thiazole rings is 1. The summed E-state index contributed by atoms with van der Waals surface area (Å²) < 4.78 is 6.83. The fourth-order valence-corrected chi connectivity index (χ4v) is 4.90. The Morgan fingerprint density at radius 2 is 1.97 bits per heavy atom. The molecular formula is C23H22N4O3S2. The number of benzene rings is 1. The fourth-order valence-electron chi connectivity index (χ4n) is 3.12. The van der Waals surface area contributed by atoms with Crippen LogP contribution in [0.15, 0.2) is 58.7 Å². The van der Waals surface area contributed by atoms with Crippen LogP contribution < -0.4 is 15.6 Å². The first-order valence-electron chi connectivity index (χ1n) is 10.2. The monoisotopic (exact) mass is 466 g/mol. The second-order valence-corrected chi connectivity index (χ2v) is 8.85. The molecule has 0 spiro atoms. The second-order valence-electron chi connectivity index (χ2n) is 6.90. The molecule has 0 unspecified atom stereocenters. The molecule has 3 heterocycles. The number of carbonyl (C=O) groups excluding carboxylic acids is 1. The van der Waals surface area contributed by atoms with E-state index >= 15 is 0 Å². The van der Waals surface area contributed by atoms with Gasteiger partial charge in [0.1, 0.15) is 15.6 Å². The van der Waals surface area contributed by atoms with Crippen LogP contribution >= 0.6 is 22.7 Å². The average Bonchev–Trinajstić information content (AvgIpc) is 3.46. The highest BCUT2D eigenvalue weighted by molar-refractivity contribution is 7.22. The number of nitrogens with one attached hydrogen (secondary N) is 1. The molecule has 0 aliphatic heterocycles. The van der Waals surface area contributed by atoms with Crippen molar-refractivity contribution in [2.24, 2.45) is 0 Å². The third-order valence-corrected chi connectivity index (χ3v) is 6.87. The van der Waals surface area contributed by atoms with E-state index in [1.165, 1.54) is 22.1 Å². The van der Waals surface area contributed by atoms with Crippen LogP contribution in [0.2, 0.25) is 0 Å². The van der Waals surface area contributed by atoms with Gasteiger partial charge in [0.15, 0.2) is 0 Å². The zero-order chi connectivity index (χ0) is 22.5. The largest absolute Gasteiger partial charge is 0.494 e. The number of nitrogens with zero attached hydrogens (tertiary/aromatic N) is 3. The van der Waals surface area contributed by atoms with Gasteiger partial charge in [-0.05, 0) is 55.6 Å². The third-order valence-electron chi connectivity index (χ3n) is 4.67. The Kier molecular flexibility index (Phi) is 6.77. The number of thiophene rings is 1. The van der Waals surface area contributed by atoms with E-state index in [-0.39, 0.29) is 24.6 Å². The minimum Gasteiger partial charge on any atom is -0.494 e. The van der Waals surface area contributed by atoms with Crippen LogP contribution in [0.4, 0.5) is 0 Å². The van der Waals surface area contributed by atoms with E-state index in [9.17, 15) is 9.59 Å². The first kappa shape index (κ1) is 21.9. The predicted octanol–water partition coefficient (Wildman–Crippen LogP) is 4.23. The summed E-state index contributed by atoms with van der Waals surface area (Å²) in [4.78, 5) is 31.0. The lowest BCUT2D eigenvalue weighted by Crippen LogP contribution is -2.31. The highest BCUT2D eigenvalue weighted by Crippen LogP contribution is 2.31. The van der Waals surface area contributed by atoms with Crippen LogP contribution in [0.5, 0.6) is 5.75 Å². The molecule has 164 valence electrons. The molecule has 32 heavy (non-hydrogen) atoms. The fraction of sp³-hybridized carbons (Fsp3) is 0.217. The van der Waals surface area contributed by atoms with Crippen LogP contribution in [0.25, 0.3) is 21.1 Å². The van der Waals surface area contributed by atoms with Crippen molar-refractivity contribution in [3.05, 3.63) is 74.8 Å². The number of aryl methyl sites for hydroxylation is 1. The minimum absolute atomic E-state index is 0.196. The van der Waals surface area contributed by atoms with Crippen molar-refractivity contribution in [2.45, 2.75) is 20.4 Å². The van der Waals surface area contributed by atoms with Crippen molar-refractivity contribution in [3.63, 3.8) is 0 Å². The van der Waals surface area contributed by atoms with E-state index in [1.54, 1.807) is 17.4 Å². The quantitative estimate of drug-likeness (QED) is 0.420. The number of hydrogen-bond acceptors (Lipinski definition) is 7. The van der Waals surface area contributed by atoms with Crippen LogP contribution in [0, 0.1) is 6.92 Å². The van der Waals surface area contributed by atoms with Crippen LogP contribution in [0.1, 0.15) is 22.3 Å². The van der Waals surface area contributed by atoms with Gasteiger partial charge >= 0.3 is 0 Å². The zero-order valence-electron chi connectivity index (χ0n) is 17.7. The first-order valence-corrected chi connectivity index (χ1v) is 11.9. The topological polar surface area (TPSA) is 86.1 Å². The lowest BCUT2D eigenvalue weighted by Gasteiger charge is -2.09. The lowest BCUT2D eigenvalue weighted by molar-refractivity contribution is 0.0955. The first-order chi connectivity index (χ1) is 15.5. The SMILES string of the molecule is CCOc1ccc(-c2ccc(=O)n(CCNC(=O)c3sc(-c4cccs4)nc3C)n2)cc1. The van der Waals surface area contributed by atoms with Gasteiger partial charge < -0.3 is 10.1 Å². The van der Waals surface area contributed by atoms with E-state index in [2.05, 4.69) is 15.4 Å². The smallest absolute Gasteiger partial charge is 0.266 e. The minimum atomic E-state index is -0.220. The average molecular weight is 467 g/mol. The van der Waals surface area contributed by atoms with Crippen molar-refractivity contribution in [2.75, 3.05) is 13.2 Å². The summed E-state index contributed by atoms with van der Waals surface area (Å²) >= 11 is 2.96. The zero-order valence-corrected chi connectivity index (χ0v) is 19.3. The van der Waals surface area contributed by atoms with Crippen molar-refractivity contribution in [1.29, 1.82) is 0 Å². The summed E-state index contributed by atoms with van der Waals surface area (Å²) in [6.45, 7) is 4.91. The van der Waals surface area contributed by atoms with E-state index in [0.717, 1.165) is 21.2 Å². The Balaban J connectivity index is 1.41. The van der Waals surface area contributed by atoms with Crippen LogP contribution in [-0.2, 0) is 6.54 Å². The second kappa shape index (κ2) is 9.88. The van der Waals surface area contributed by atoms with E-state index in [4.69, 9.17) is 4.74 Å². The molecule has 1 aromatic carbocycles. The maximum absolute atomic E-state index is 12.6. The number of amides is 1. The Labute approximate surface area is 193 Å². The molecule has 7 nitrogen and oxygen atoms in total. The van der Waals surface area contributed by atoms with Crippen molar-refractivity contribution >= 4 is 28.6 Å². The number of rotatable bonds is 8. The molecule has 0 radical (unpaired) electrons. The van der Waals surface area contributed by atoms with Gasteiger partial charge in [-0.2, -0.15) is 5.10 Å². The van der Waals surface area contributed by atoms with Gasteiger partial charge in [0.25, 0.3) is 11.5 Å². The maximum atomic E-state index is 12.6. The summed E-state index contributed by atoms with van der Waals surface area (Å²) in [7, 11) is 0.